The molecule has 0 saturated heterocycles. The molecule has 0 aliphatic carbocycles. The van der Waals surface area contributed by atoms with Gasteiger partial charge in [0, 0.05) is 39.0 Å². The maximum atomic E-state index is 5.04. The molecule has 4 heteroatoms. The monoisotopic (exact) mass is 265 g/mol. The molecule has 0 aliphatic rings. The van der Waals surface area contributed by atoms with Crippen molar-refractivity contribution >= 4 is 0 Å². The minimum atomic E-state index is 0.509. The molecule has 1 unspecified atom stereocenters. The Morgan fingerprint density at radius 2 is 2.26 bits per heavy atom. The smallest absolute Gasteiger partial charge is 0.0544 e. The van der Waals surface area contributed by atoms with Gasteiger partial charge in [0.15, 0.2) is 0 Å². The van der Waals surface area contributed by atoms with E-state index in [0.717, 1.165) is 44.9 Å². The second-order valence-electron chi connectivity index (χ2n) is 4.78. The molecule has 1 aromatic rings. The highest BCUT2D eigenvalue weighted by Crippen LogP contribution is 2.05. The molecule has 1 aromatic heterocycles. The van der Waals surface area contributed by atoms with Crippen LogP contribution in [0, 0.1) is 0 Å². The molecule has 4 nitrogen and oxygen atoms in total. The minimum Gasteiger partial charge on any atom is -0.385 e. The number of rotatable bonds is 10. The van der Waals surface area contributed by atoms with Gasteiger partial charge in [-0.2, -0.15) is 0 Å². The van der Waals surface area contributed by atoms with Gasteiger partial charge >= 0.3 is 0 Å². The number of hydrogen-bond donors (Lipinski definition) is 1. The summed E-state index contributed by atoms with van der Waals surface area (Å²) >= 11 is 0. The van der Waals surface area contributed by atoms with Crippen LogP contribution in [0.5, 0.6) is 0 Å². The molecular weight excluding hydrogens is 238 g/mol. The first-order chi connectivity index (χ1) is 9.27. The van der Waals surface area contributed by atoms with E-state index < -0.39 is 0 Å². The average Bonchev–Trinajstić information content (AvgIpc) is 2.45. The van der Waals surface area contributed by atoms with E-state index >= 15 is 0 Å². The van der Waals surface area contributed by atoms with Crippen molar-refractivity contribution in [1.82, 2.24) is 15.2 Å². The van der Waals surface area contributed by atoms with Gasteiger partial charge in [-0.1, -0.05) is 13.0 Å². The number of hydrogen-bond acceptors (Lipinski definition) is 4. The SMILES string of the molecule is CCN(Cc1ccccn1)C(C)CNCCCOC. The number of nitrogens with one attached hydrogen (secondary N) is 1. The van der Waals surface area contributed by atoms with Crippen LogP contribution < -0.4 is 5.32 Å². The Morgan fingerprint density at radius 1 is 1.42 bits per heavy atom. The number of aromatic nitrogens is 1. The maximum Gasteiger partial charge on any atom is 0.0544 e. The summed E-state index contributed by atoms with van der Waals surface area (Å²) in [7, 11) is 1.74. The van der Waals surface area contributed by atoms with E-state index in [1.54, 1.807) is 7.11 Å². The molecule has 0 fully saturated rings. The normalized spacial score (nSPS) is 12.8. The fraction of sp³-hybridized carbons (Fsp3) is 0.667. The zero-order valence-corrected chi connectivity index (χ0v) is 12.4. The summed E-state index contributed by atoms with van der Waals surface area (Å²) in [5.74, 6) is 0. The van der Waals surface area contributed by atoms with Crippen LogP contribution in [-0.2, 0) is 11.3 Å². The van der Waals surface area contributed by atoms with Gasteiger partial charge in [-0.15, -0.1) is 0 Å². The molecule has 1 heterocycles. The van der Waals surface area contributed by atoms with Crippen LogP contribution in [0.2, 0.25) is 0 Å². The highest BCUT2D eigenvalue weighted by Gasteiger charge is 2.12. The van der Waals surface area contributed by atoms with Crippen LogP contribution in [0.4, 0.5) is 0 Å². The van der Waals surface area contributed by atoms with Crippen LogP contribution in [-0.4, -0.2) is 49.3 Å². The van der Waals surface area contributed by atoms with Crippen LogP contribution in [0.15, 0.2) is 24.4 Å². The Hall–Kier alpha value is -0.970. The zero-order chi connectivity index (χ0) is 13.9. The Balaban J connectivity index is 2.29. The molecule has 19 heavy (non-hydrogen) atoms. The van der Waals surface area contributed by atoms with Gasteiger partial charge in [0.2, 0.25) is 0 Å². The minimum absolute atomic E-state index is 0.509. The lowest BCUT2D eigenvalue weighted by Gasteiger charge is -2.27. The van der Waals surface area contributed by atoms with Gasteiger partial charge in [0.25, 0.3) is 0 Å². The van der Waals surface area contributed by atoms with Crippen LogP contribution in [0.1, 0.15) is 26.0 Å². The fourth-order valence-corrected chi connectivity index (χ4v) is 2.06. The third-order valence-electron chi connectivity index (χ3n) is 3.26. The average molecular weight is 265 g/mol. The molecule has 0 radical (unpaired) electrons. The van der Waals surface area contributed by atoms with Crippen molar-refractivity contribution in [3.8, 4) is 0 Å². The Morgan fingerprint density at radius 3 is 2.89 bits per heavy atom. The molecule has 0 spiro atoms. The van der Waals surface area contributed by atoms with Gasteiger partial charge in [-0.3, -0.25) is 9.88 Å². The Kier molecular flexibility index (Phi) is 8.38. The van der Waals surface area contributed by atoms with E-state index in [-0.39, 0.29) is 0 Å². The summed E-state index contributed by atoms with van der Waals surface area (Å²) in [5, 5.41) is 3.48. The lowest BCUT2D eigenvalue weighted by Crippen LogP contribution is -2.40. The molecule has 0 saturated carbocycles. The number of ether oxygens (including phenoxy) is 1. The highest BCUT2D eigenvalue weighted by atomic mass is 16.5. The second-order valence-corrected chi connectivity index (χ2v) is 4.78. The van der Waals surface area contributed by atoms with Crippen LogP contribution in [0.3, 0.4) is 0 Å². The highest BCUT2D eigenvalue weighted by molar-refractivity contribution is 5.03. The molecule has 0 bridgehead atoms. The Bertz CT molecular complexity index is 318. The van der Waals surface area contributed by atoms with Crippen LogP contribution in [0.25, 0.3) is 0 Å². The first kappa shape index (κ1) is 16.1. The summed E-state index contributed by atoms with van der Waals surface area (Å²) in [6.07, 6.45) is 2.92. The number of methoxy groups -OCH3 is 1. The van der Waals surface area contributed by atoms with Gasteiger partial charge in [0.05, 0.1) is 5.69 Å². The third kappa shape index (κ3) is 6.66. The van der Waals surface area contributed by atoms with Crippen LogP contribution >= 0.6 is 0 Å². The second kappa shape index (κ2) is 9.89. The van der Waals surface area contributed by atoms with E-state index in [2.05, 4.69) is 35.1 Å². The number of pyridine rings is 1. The maximum absolute atomic E-state index is 5.04. The first-order valence-electron chi connectivity index (χ1n) is 7.11. The molecule has 0 aromatic carbocycles. The summed E-state index contributed by atoms with van der Waals surface area (Å²) in [5.41, 5.74) is 1.13. The zero-order valence-electron chi connectivity index (χ0n) is 12.4. The number of nitrogens with zero attached hydrogens (tertiary/aromatic N) is 2. The van der Waals surface area contributed by atoms with Crippen molar-refractivity contribution in [3.05, 3.63) is 30.1 Å². The van der Waals surface area contributed by atoms with Crippen molar-refractivity contribution in [1.29, 1.82) is 0 Å². The molecule has 1 atom stereocenters. The van der Waals surface area contributed by atoms with Crippen molar-refractivity contribution in [2.24, 2.45) is 0 Å². The quantitative estimate of drug-likeness (QED) is 0.656. The Labute approximate surface area is 117 Å². The molecule has 1 N–H and O–H groups in total. The number of likely N-dealkylation sites (N-methyl/N-ethyl adjacent to an activating group) is 1. The molecule has 0 aliphatic heterocycles. The third-order valence-corrected chi connectivity index (χ3v) is 3.26. The van der Waals surface area contributed by atoms with E-state index in [1.807, 2.05) is 18.3 Å². The van der Waals surface area contributed by atoms with Gasteiger partial charge < -0.3 is 10.1 Å². The van der Waals surface area contributed by atoms with Crippen molar-refractivity contribution in [2.75, 3.05) is 33.4 Å². The van der Waals surface area contributed by atoms with Gasteiger partial charge in [0.1, 0.15) is 0 Å². The topological polar surface area (TPSA) is 37.4 Å². The van der Waals surface area contributed by atoms with E-state index in [1.165, 1.54) is 0 Å². The fourth-order valence-electron chi connectivity index (χ4n) is 2.06. The lowest BCUT2D eigenvalue weighted by atomic mass is 10.2. The van der Waals surface area contributed by atoms with E-state index in [0.29, 0.717) is 6.04 Å². The molecular formula is C15H27N3O. The predicted molar refractivity (Wildman–Crippen MR) is 79.1 cm³/mol. The van der Waals surface area contributed by atoms with Crippen molar-refractivity contribution in [2.45, 2.75) is 32.9 Å². The van der Waals surface area contributed by atoms with Gasteiger partial charge in [-0.05, 0) is 38.6 Å². The lowest BCUT2D eigenvalue weighted by molar-refractivity contribution is 0.186. The largest absolute Gasteiger partial charge is 0.385 e. The van der Waals surface area contributed by atoms with E-state index in [9.17, 15) is 0 Å². The standard InChI is InChI=1S/C15H27N3O/c1-4-18(13-15-8-5-6-10-17-15)14(2)12-16-9-7-11-19-3/h5-6,8,10,14,16H,4,7,9,11-13H2,1-3H3. The summed E-state index contributed by atoms with van der Waals surface area (Å²) in [6, 6.07) is 6.60. The summed E-state index contributed by atoms with van der Waals surface area (Å²) in [4.78, 5) is 6.83. The molecule has 108 valence electrons. The molecule has 0 amide bonds. The van der Waals surface area contributed by atoms with Crippen molar-refractivity contribution in [3.63, 3.8) is 0 Å². The molecule has 1 rings (SSSR count). The predicted octanol–water partition coefficient (Wildman–Crippen LogP) is 1.92. The first-order valence-corrected chi connectivity index (χ1v) is 7.11. The summed E-state index contributed by atoms with van der Waals surface area (Å²) < 4.78 is 5.04. The summed E-state index contributed by atoms with van der Waals surface area (Å²) in [6.45, 7) is 9.26. The van der Waals surface area contributed by atoms with Crippen molar-refractivity contribution < 1.29 is 4.74 Å². The van der Waals surface area contributed by atoms with E-state index in [4.69, 9.17) is 4.74 Å². The van der Waals surface area contributed by atoms with Gasteiger partial charge in [-0.25, -0.2) is 0 Å².